The highest BCUT2D eigenvalue weighted by molar-refractivity contribution is 5.55. The maximum absolute atomic E-state index is 9.31. The number of aryl methyl sites for hydroxylation is 1. The number of phenols is 1. The zero-order chi connectivity index (χ0) is 16.3. The van der Waals surface area contributed by atoms with Crippen molar-refractivity contribution in [3.63, 3.8) is 0 Å². The molecule has 0 unspecified atom stereocenters. The Labute approximate surface area is 139 Å². The number of benzene rings is 1. The SMILES string of the molecule is CCCCCCCCCCc1cnc(-c2ccc(O)cc2)nc1. The van der Waals surface area contributed by atoms with Gasteiger partial charge in [0.1, 0.15) is 5.75 Å². The first kappa shape index (κ1) is 17.5. The molecule has 0 fully saturated rings. The number of aromatic hydroxyl groups is 1. The average Bonchev–Trinajstić information content (AvgIpc) is 2.59. The van der Waals surface area contributed by atoms with E-state index >= 15 is 0 Å². The van der Waals surface area contributed by atoms with Gasteiger partial charge in [-0.2, -0.15) is 0 Å². The molecule has 2 aromatic rings. The number of nitrogens with zero attached hydrogens (tertiary/aromatic N) is 2. The fourth-order valence-corrected chi connectivity index (χ4v) is 2.71. The summed E-state index contributed by atoms with van der Waals surface area (Å²) in [6.07, 6.45) is 15.6. The highest BCUT2D eigenvalue weighted by Gasteiger charge is 2.02. The van der Waals surface area contributed by atoms with E-state index in [0.717, 1.165) is 12.0 Å². The Balaban J connectivity index is 1.68. The average molecular weight is 312 g/mol. The first-order valence-electron chi connectivity index (χ1n) is 8.90. The van der Waals surface area contributed by atoms with Crippen molar-refractivity contribution in [1.29, 1.82) is 0 Å². The fourth-order valence-electron chi connectivity index (χ4n) is 2.71. The van der Waals surface area contributed by atoms with Gasteiger partial charge < -0.3 is 5.11 Å². The van der Waals surface area contributed by atoms with Crippen LogP contribution in [0.1, 0.15) is 63.9 Å². The van der Waals surface area contributed by atoms with E-state index in [4.69, 9.17) is 0 Å². The van der Waals surface area contributed by atoms with Crippen LogP contribution >= 0.6 is 0 Å². The van der Waals surface area contributed by atoms with E-state index in [-0.39, 0.29) is 5.75 Å². The van der Waals surface area contributed by atoms with Crippen molar-refractivity contribution in [2.45, 2.75) is 64.7 Å². The smallest absolute Gasteiger partial charge is 0.159 e. The molecule has 3 heteroatoms. The van der Waals surface area contributed by atoms with Gasteiger partial charge in [-0.3, -0.25) is 0 Å². The fraction of sp³-hybridized carbons (Fsp3) is 0.500. The third-order valence-electron chi connectivity index (χ3n) is 4.15. The lowest BCUT2D eigenvalue weighted by Crippen LogP contribution is -1.93. The van der Waals surface area contributed by atoms with Gasteiger partial charge in [0.05, 0.1) is 0 Å². The summed E-state index contributed by atoms with van der Waals surface area (Å²) in [5.41, 5.74) is 2.14. The second kappa shape index (κ2) is 9.98. The van der Waals surface area contributed by atoms with Gasteiger partial charge in [-0.1, -0.05) is 51.9 Å². The van der Waals surface area contributed by atoms with Gasteiger partial charge in [0, 0.05) is 18.0 Å². The molecule has 124 valence electrons. The molecule has 0 amide bonds. The zero-order valence-electron chi connectivity index (χ0n) is 14.2. The Morgan fingerprint density at radius 3 is 1.96 bits per heavy atom. The zero-order valence-corrected chi connectivity index (χ0v) is 14.2. The molecule has 1 aromatic heterocycles. The van der Waals surface area contributed by atoms with Crippen molar-refractivity contribution >= 4 is 0 Å². The van der Waals surface area contributed by atoms with Crippen LogP contribution < -0.4 is 0 Å². The number of hydrogen-bond donors (Lipinski definition) is 1. The van der Waals surface area contributed by atoms with E-state index in [1.54, 1.807) is 12.1 Å². The lowest BCUT2D eigenvalue weighted by Gasteiger charge is -2.04. The summed E-state index contributed by atoms with van der Waals surface area (Å²) in [7, 11) is 0. The van der Waals surface area contributed by atoms with Gasteiger partial charge in [0.15, 0.2) is 5.82 Å². The largest absolute Gasteiger partial charge is 0.508 e. The number of rotatable bonds is 10. The summed E-state index contributed by atoms with van der Waals surface area (Å²) < 4.78 is 0. The predicted molar refractivity (Wildman–Crippen MR) is 95.4 cm³/mol. The molecule has 0 aliphatic heterocycles. The molecule has 0 radical (unpaired) electrons. The van der Waals surface area contributed by atoms with Gasteiger partial charge in [-0.25, -0.2) is 9.97 Å². The maximum Gasteiger partial charge on any atom is 0.159 e. The summed E-state index contributed by atoms with van der Waals surface area (Å²) in [6, 6.07) is 6.99. The van der Waals surface area contributed by atoms with E-state index < -0.39 is 0 Å². The molecule has 1 N–H and O–H groups in total. The van der Waals surface area contributed by atoms with E-state index in [1.807, 2.05) is 24.5 Å². The molecule has 0 aliphatic rings. The van der Waals surface area contributed by atoms with Crippen molar-refractivity contribution in [2.75, 3.05) is 0 Å². The van der Waals surface area contributed by atoms with Crippen LogP contribution in [-0.2, 0) is 6.42 Å². The van der Waals surface area contributed by atoms with Gasteiger partial charge in [-0.15, -0.1) is 0 Å². The quantitative estimate of drug-likeness (QED) is 0.586. The molecular weight excluding hydrogens is 284 g/mol. The van der Waals surface area contributed by atoms with Crippen LogP contribution in [-0.4, -0.2) is 15.1 Å². The van der Waals surface area contributed by atoms with E-state index in [1.165, 1.54) is 56.9 Å². The Kier molecular flexibility index (Phi) is 7.58. The normalized spacial score (nSPS) is 10.8. The molecule has 23 heavy (non-hydrogen) atoms. The van der Waals surface area contributed by atoms with E-state index in [2.05, 4.69) is 16.9 Å². The van der Waals surface area contributed by atoms with Gasteiger partial charge in [0.25, 0.3) is 0 Å². The molecule has 1 aromatic carbocycles. The number of aromatic nitrogens is 2. The number of unbranched alkanes of at least 4 members (excludes halogenated alkanes) is 7. The Morgan fingerprint density at radius 2 is 1.35 bits per heavy atom. The molecule has 0 aliphatic carbocycles. The minimum atomic E-state index is 0.264. The predicted octanol–water partition coefficient (Wildman–Crippen LogP) is 5.53. The molecule has 0 saturated carbocycles. The van der Waals surface area contributed by atoms with Gasteiger partial charge >= 0.3 is 0 Å². The minimum absolute atomic E-state index is 0.264. The van der Waals surface area contributed by atoms with Crippen molar-refractivity contribution in [1.82, 2.24) is 9.97 Å². The lowest BCUT2D eigenvalue weighted by atomic mass is 10.1. The minimum Gasteiger partial charge on any atom is -0.508 e. The molecule has 0 bridgehead atoms. The van der Waals surface area contributed by atoms with Crippen LogP contribution in [0.2, 0.25) is 0 Å². The standard InChI is InChI=1S/C20H28N2O/c1-2-3-4-5-6-7-8-9-10-17-15-21-20(22-16-17)18-11-13-19(23)14-12-18/h11-16,23H,2-10H2,1H3. The molecule has 0 spiro atoms. The van der Waals surface area contributed by atoms with Crippen LogP contribution in [0.15, 0.2) is 36.7 Å². The van der Waals surface area contributed by atoms with Crippen LogP contribution in [0.25, 0.3) is 11.4 Å². The Morgan fingerprint density at radius 1 is 0.783 bits per heavy atom. The van der Waals surface area contributed by atoms with Crippen molar-refractivity contribution < 1.29 is 5.11 Å². The second-order valence-electron chi connectivity index (χ2n) is 6.19. The molecule has 1 heterocycles. The maximum atomic E-state index is 9.31. The summed E-state index contributed by atoms with van der Waals surface area (Å²) >= 11 is 0. The van der Waals surface area contributed by atoms with Gasteiger partial charge in [0.2, 0.25) is 0 Å². The highest BCUT2D eigenvalue weighted by atomic mass is 16.3. The van der Waals surface area contributed by atoms with Crippen molar-refractivity contribution in [2.24, 2.45) is 0 Å². The van der Waals surface area contributed by atoms with E-state index in [9.17, 15) is 5.11 Å². The van der Waals surface area contributed by atoms with Crippen molar-refractivity contribution in [3.05, 3.63) is 42.2 Å². The van der Waals surface area contributed by atoms with Crippen LogP contribution in [0.5, 0.6) is 5.75 Å². The Bertz CT molecular complexity index is 549. The first-order chi connectivity index (χ1) is 11.3. The third kappa shape index (κ3) is 6.39. The Hall–Kier alpha value is -1.90. The van der Waals surface area contributed by atoms with Crippen LogP contribution in [0.4, 0.5) is 0 Å². The monoisotopic (exact) mass is 312 g/mol. The topological polar surface area (TPSA) is 46.0 Å². The van der Waals surface area contributed by atoms with Crippen LogP contribution in [0.3, 0.4) is 0 Å². The summed E-state index contributed by atoms with van der Waals surface area (Å²) in [5.74, 6) is 0.977. The molecule has 0 atom stereocenters. The molecular formula is C20H28N2O. The second-order valence-corrected chi connectivity index (χ2v) is 6.19. The van der Waals surface area contributed by atoms with Gasteiger partial charge in [-0.05, 0) is 42.7 Å². The highest BCUT2D eigenvalue weighted by Crippen LogP contribution is 2.18. The number of hydrogen-bond acceptors (Lipinski definition) is 3. The first-order valence-corrected chi connectivity index (χ1v) is 8.90. The summed E-state index contributed by atoms with van der Waals surface area (Å²) in [4.78, 5) is 8.87. The van der Waals surface area contributed by atoms with E-state index in [0.29, 0.717) is 5.82 Å². The number of phenolic OH excluding ortho intramolecular Hbond substituents is 1. The van der Waals surface area contributed by atoms with Crippen LogP contribution in [0, 0.1) is 0 Å². The summed E-state index contributed by atoms with van der Waals surface area (Å²) in [5, 5.41) is 9.31. The summed E-state index contributed by atoms with van der Waals surface area (Å²) in [6.45, 7) is 2.26. The van der Waals surface area contributed by atoms with Crippen molar-refractivity contribution in [3.8, 4) is 17.1 Å². The molecule has 2 rings (SSSR count). The molecule has 0 saturated heterocycles. The lowest BCUT2D eigenvalue weighted by molar-refractivity contribution is 0.475. The third-order valence-corrected chi connectivity index (χ3v) is 4.15. The molecule has 3 nitrogen and oxygen atoms in total.